The third-order valence-electron chi connectivity index (χ3n) is 3.59. The van der Waals surface area contributed by atoms with Crippen molar-refractivity contribution < 1.29 is 14.3 Å². The van der Waals surface area contributed by atoms with E-state index in [1.54, 1.807) is 13.3 Å². The lowest BCUT2D eigenvalue weighted by Crippen LogP contribution is -2.60. The smallest absolute Gasteiger partial charge is 0.246 e. The molecule has 1 amide bonds. The summed E-state index contributed by atoms with van der Waals surface area (Å²) in [6, 6.07) is 3.77. The Kier molecular flexibility index (Phi) is 3.25. The number of carbonyl (C=O) groups excluding carboxylic acids is 1. The lowest BCUT2D eigenvalue weighted by atomic mass is 10.0. The second-order valence-electron chi connectivity index (χ2n) is 4.79. The zero-order valence-electron chi connectivity index (χ0n) is 10.8. The van der Waals surface area contributed by atoms with Gasteiger partial charge in [0.25, 0.3) is 0 Å². The first kappa shape index (κ1) is 12.2. The van der Waals surface area contributed by atoms with Gasteiger partial charge in [-0.2, -0.15) is 0 Å². The predicted octanol–water partition coefficient (Wildman–Crippen LogP) is 0.184. The van der Waals surface area contributed by atoms with Crippen LogP contribution < -0.4 is 15.0 Å². The summed E-state index contributed by atoms with van der Waals surface area (Å²) in [5.41, 5.74) is 0. The number of nitrogens with one attached hydrogen (secondary N) is 1. The lowest BCUT2D eigenvalue weighted by Gasteiger charge is -2.41. The molecule has 1 aromatic rings. The summed E-state index contributed by atoms with van der Waals surface area (Å²) in [5.74, 6) is 1.53. The Bertz CT molecular complexity index is 480. The van der Waals surface area contributed by atoms with Crippen LogP contribution in [0, 0.1) is 0 Å². The first-order chi connectivity index (χ1) is 9.28. The summed E-state index contributed by atoms with van der Waals surface area (Å²) < 4.78 is 10.9. The molecular formula is C13H17N3O3. The summed E-state index contributed by atoms with van der Waals surface area (Å²) in [6.45, 7) is 1.72. The standard InChI is InChI=1S/C13H17N3O3/c1-18-11-3-2-5-14-13(11)16-6-4-10-9(7-16)15-12(17)8-19-10/h2-3,5,9-10H,4,6-8H2,1H3,(H,15,17)/t9-,10-/m0/s1. The predicted molar refractivity (Wildman–Crippen MR) is 69.3 cm³/mol. The van der Waals surface area contributed by atoms with Gasteiger partial charge in [-0.25, -0.2) is 4.98 Å². The fourth-order valence-corrected chi connectivity index (χ4v) is 2.67. The Morgan fingerprint density at radius 1 is 1.58 bits per heavy atom. The van der Waals surface area contributed by atoms with E-state index in [2.05, 4.69) is 15.2 Å². The Labute approximate surface area is 111 Å². The molecule has 2 aliphatic rings. The van der Waals surface area contributed by atoms with Gasteiger partial charge in [0.05, 0.1) is 19.3 Å². The van der Waals surface area contributed by atoms with E-state index >= 15 is 0 Å². The zero-order valence-corrected chi connectivity index (χ0v) is 10.8. The van der Waals surface area contributed by atoms with Crippen molar-refractivity contribution in [3.05, 3.63) is 18.3 Å². The molecule has 0 spiro atoms. The summed E-state index contributed by atoms with van der Waals surface area (Å²) >= 11 is 0. The number of aromatic nitrogens is 1. The molecule has 1 aromatic heterocycles. The SMILES string of the molecule is COc1cccnc1N1CC[C@@H]2OCC(=O)N[C@H]2C1. The van der Waals surface area contributed by atoms with E-state index in [9.17, 15) is 4.79 Å². The van der Waals surface area contributed by atoms with Crippen molar-refractivity contribution in [2.75, 3.05) is 31.7 Å². The van der Waals surface area contributed by atoms with Gasteiger partial charge < -0.3 is 19.7 Å². The molecule has 102 valence electrons. The van der Waals surface area contributed by atoms with Gasteiger partial charge in [0.2, 0.25) is 5.91 Å². The fourth-order valence-electron chi connectivity index (χ4n) is 2.67. The normalized spacial score (nSPS) is 26.6. The highest BCUT2D eigenvalue weighted by Crippen LogP contribution is 2.28. The molecule has 0 aromatic carbocycles. The molecule has 19 heavy (non-hydrogen) atoms. The van der Waals surface area contributed by atoms with E-state index in [4.69, 9.17) is 9.47 Å². The van der Waals surface area contributed by atoms with Crippen molar-refractivity contribution in [1.82, 2.24) is 10.3 Å². The van der Waals surface area contributed by atoms with Crippen LogP contribution in [0.25, 0.3) is 0 Å². The van der Waals surface area contributed by atoms with Gasteiger partial charge in [-0.15, -0.1) is 0 Å². The van der Waals surface area contributed by atoms with Gasteiger partial charge in [-0.1, -0.05) is 0 Å². The van der Waals surface area contributed by atoms with Crippen LogP contribution >= 0.6 is 0 Å². The summed E-state index contributed by atoms with van der Waals surface area (Å²) in [5, 5.41) is 2.98. The molecular weight excluding hydrogens is 246 g/mol. The average molecular weight is 263 g/mol. The van der Waals surface area contributed by atoms with Crippen LogP contribution in [0.3, 0.4) is 0 Å². The molecule has 6 heteroatoms. The van der Waals surface area contributed by atoms with Crippen LogP contribution in [0.1, 0.15) is 6.42 Å². The molecule has 0 unspecified atom stereocenters. The molecule has 6 nitrogen and oxygen atoms in total. The number of hydrogen-bond donors (Lipinski definition) is 1. The second kappa shape index (κ2) is 5.05. The van der Waals surface area contributed by atoms with Gasteiger partial charge >= 0.3 is 0 Å². The van der Waals surface area contributed by atoms with Crippen LogP contribution in [0.2, 0.25) is 0 Å². The Morgan fingerprint density at radius 2 is 2.47 bits per heavy atom. The Balaban J connectivity index is 1.78. The average Bonchev–Trinajstić information content (AvgIpc) is 2.46. The highest BCUT2D eigenvalue weighted by Gasteiger charge is 2.35. The highest BCUT2D eigenvalue weighted by atomic mass is 16.5. The van der Waals surface area contributed by atoms with Crippen LogP contribution in [-0.2, 0) is 9.53 Å². The molecule has 0 radical (unpaired) electrons. The van der Waals surface area contributed by atoms with E-state index < -0.39 is 0 Å². The van der Waals surface area contributed by atoms with Crippen molar-refractivity contribution in [1.29, 1.82) is 0 Å². The van der Waals surface area contributed by atoms with E-state index in [0.29, 0.717) is 6.54 Å². The summed E-state index contributed by atoms with van der Waals surface area (Å²) in [6.07, 6.45) is 2.74. The number of amides is 1. The molecule has 3 rings (SSSR count). The van der Waals surface area contributed by atoms with Gasteiger partial charge in [0, 0.05) is 19.3 Å². The van der Waals surface area contributed by atoms with Crippen molar-refractivity contribution in [2.24, 2.45) is 0 Å². The number of morpholine rings is 1. The number of carbonyl (C=O) groups is 1. The van der Waals surface area contributed by atoms with E-state index in [1.165, 1.54) is 0 Å². The zero-order chi connectivity index (χ0) is 13.2. The molecule has 0 aliphatic carbocycles. The summed E-state index contributed by atoms with van der Waals surface area (Å²) in [7, 11) is 1.64. The van der Waals surface area contributed by atoms with Crippen molar-refractivity contribution >= 4 is 11.7 Å². The minimum absolute atomic E-state index is 0.0294. The minimum Gasteiger partial charge on any atom is -0.493 e. The number of pyridine rings is 1. The Hall–Kier alpha value is -1.82. The molecule has 0 saturated carbocycles. The minimum atomic E-state index is -0.0453. The number of anilines is 1. The highest BCUT2D eigenvalue weighted by molar-refractivity contribution is 5.78. The molecule has 2 aliphatic heterocycles. The van der Waals surface area contributed by atoms with Gasteiger partial charge in [0.15, 0.2) is 11.6 Å². The number of rotatable bonds is 2. The third-order valence-corrected chi connectivity index (χ3v) is 3.59. The number of hydrogen-bond acceptors (Lipinski definition) is 5. The first-order valence-electron chi connectivity index (χ1n) is 6.43. The van der Waals surface area contributed by atoms with E-state index in [1.807, 2.05) is 12.1 Å². The molecule has 2 saturated heterocycles. The largest absolute Gasteiger partial charge is 0.493 e. The maximum atomic E-state index is 11.4. The number of nitrogens with zero attached hydrogens (tertiary/aromatic N) is 2. The molecule has 0 bridgehead atoms. The van der Waals surface area contributed by atoms with Crippen LogP contribution in [-0.4, -0.2) is 49.8 Å². The lowest BCUT2D eigenvalue weighted by molar-refractivity contribution is -0.137. The number of fused-ring (bicyclic) bond motifs is 1. The molecule has 1 N–H and O–H groups in total. The number of methoxy groups -OCH3 is 1. The van der Waals surface area contributed by atoms with Gasteiger partial charge in [0.1, 0.15) is 6.61 Å². The molecule has 2 fully saturated rings. The van der Waals surface area contributed by atoms with Gasteiger partial charge in [-0.05, 0) is 18.6 Å². The van der Waals surface area contributed by atoms with Crippen molar-refractivity contribution in [2.45, 2.75) is 18.6 Å². The second-order valence-corrected chi connectivity index (χ2v) is 4.79. The summed E-state index contributed by atoms with van der Waals surface area (Å²) in [4.78, 5) is 17.9. The first-order valence-corrected chi connectivity index (χ1v) is 6.43. The quantitative estimate of drug-likeness (QED) is 0.825. The van der Waals surface area contributed by atoms with Crippen LogP contribution in [0.4, 0.5) is 5.82 Å². The number of ether oxygens (including phenoxy) is 2. The van der Waals surface area contributed by atoms with Crippen LogP contribution in [0.5, 0.6) is 5.75 Å². The monoisotopic (exact) mass is 263 g/mol. The topological polar surface area (TPSA) is 63.7 Å². The van der Waals surface area contributed by atoms with E-state index in [0.717, 1.165) is 24.5 Å². The Morgan fingerprint density at radius 3 is 3.32 bits per heavy atom. The van der Waals surface area contributed by atoms with E-state index in [-0.39, 0.29) is 24.7 Å². The van der Waals surface area contributed by atoms with Crippen molar-refractivity contribution in [3.8, 4) is 5.75 Å². The van der Waals surface area contributed by atoms with Crippen LogP contribution in [0.15, 0.2) is 18.3 Å². The maximum Gasteiger partial charge on any atom is 0.246 e. The fraction of sp³-hybridized carbons (Fsp3) is 0.538. The molecule has 3 heterocycles. The molecule has 2 atom stereocenters. The maximum absolute atomic E-state index is 11.4. The number of piperidine rings is 1. The van der Waals surface area contributed by atoms with Crippen molar-refractivity contribution in [3.63, 3.8) is 0 Å². The van der Waals surface area contributed by atoms with Gasteiger partial charge in [-0.3, -0.25) is 4.79 Å². The third kappa shape index (κ3) is 2.35.